The zero-order chi connectivity index (χ0) is 15.5. The second kappa shape index (κ2) is 12.5. The fourth-order valence-corrected chi connectivity index (χ4v) is 2.18. The minimum atomic E-state index is 0. The Morgan fingerprint density at radius 1 is 1.45 bits per heavy atom. The quantitative estimate of drug-likeness (QED) is 0.220. The van der Waals surface area contributed by atoms with Crippen LogP contribution in [0.2, 0.25) is 0 Å². The molecule has 1 N–H and O–H groups in total. The zero-order valence-electron chi connectivity index (χ0n) is 14.1. The number of hydrogen-bond donors (Lipinski definition) is 1. The number of halogens is 1. The Bertz CT molecular complexity index is 441. The van der Waals surface area contributed by atoms with Crippen LogP contribution in [0.3, 0.4) is 0 Å². The number of hydrogen-bond acceptors (Lipinski definition) is 2. The number of aryl methyl sites for hydroxylation is 1. The van der Waals surface area contributed by atoms with Crippen molar-refractivity contribution in [3.05, 3.63) is 30.6 Å². The molecule has 0 spiro atoms. The molecule has 1 aromatic rings. The predicted octanol–water partition coefficient (Wildman–Crippen LogP) is 3.06. The maximum Gasteiger partial charge on any atom is 0.193 e. The number of aromatic nitrogens is 2. The second-order valence-corrected chi connectivity index (χ2v) is 5.31. The number of nitrogens with one attached hydrogen (secondary N) is 1. The van der Waals surface area contributed by atoms with Crippen LogP contribution in [-0.4, -0.2) is 47.8 Å². The van der Waals surface area contributed by atoms with Crippen LogP contribution in [0.4, 0.5) is 0 Å². The summed E-state index contributed by atoms with van der Waals surface area (Å²) in [7, 11) is 3.91. The number of guanidine groups is 1. The van der Waals surface area contributed by atoms with Crippen LogP contribution in [-0.2, 0) is 6.54 Å². The summed E-state index contributed by atoms with van der Waals surface area (Å²) in [6.45, 7) is 8.50. The highest BCUT2D eigenvalue weighted by Crippen LogP contribution is 2.01. The van der Waals surface area contributed by atoms with Crippen molar-refractivity contribution in [1.82, 2.24) is 20.0 Å². The predicted molar refractivity (Wildman–Crippen MR) is 105 cm³/mol. The van der Waals surface area contributed by atoms with E-state index in [-0.39, 0.29) is 24.0 Å². The summed E-state index contributed by atoms with van der Waals surface area (Å²) in [5, 5.41) is 7.65. The van der Waals surface area contributed by atoms with E-state index >= 15 is 0 Å². The number of allylic oxidation sites excluding steroid dienone is 1. The average Bonchev–Trinajstić information content (AvgIpc) is 2.88. The topological polar surface area (TPSA) is 45.5 Å². The van der Waals surface area contributed by atoms with Gasteiger partial charge in [0, 0.05) is 33.4 Å². The van der Waals surface area contributed by atoms with Crippen molar-refractivity contribution in [3.63, 3.8) is 0 Å². The van der Waals surface area contributed by atoms with Crippen molar-refractivity contribution in [2.75, 3.05) is 27.2 Å². The van der Waals surface area contributed by atoms with Gasteiger partial charge in [-0.05, 0) is 31.7 Å². The van der Waals surface area contributed by atoms with Crippen molar-refractivity contribution in [2.45, 2.75) is 39.2 Å². The standard InChI is InChI=1S/C16H29N5.HI/c1-5-6-7-8-9-11-20(4)16(17-3)18-10-12-21-14-15(2)13-19-21;/h5,13-14H,1,6-12H2,2-4H3,(H,17,18);1H. The molecule has 126 valence electrons. The van der Waals surface area contributed by atoms with Crippen LogP contribution in [0.1, 0.15) is 31.2 Å². The molecule has 0 aliphatic carbocycles. The molecule has 0 atom stereocenters. The summed E-state index contributed by atoms with van der Waals surface area (Å²) in [6.07, 6.45) is 10.7. The summed E-state index contributed by atoms with van der Waals surface area (Å²) in [5.74, 6) is 0.947. The van der Waals surface area contributed by atoms with Crippen LogP contribution >= 0.6 is 24.0 Å². The first-order valence-corrected chi connectivity index (χ1v) is 7.69. The molecule has 0 saturated carbocycles. The van der Waals surface area contributed by atoms with Crippen molar-refractivity contribution < 1.29 is 0 Å². The van der Waals surface area contributed by atoms with E-state index in [1.807, 2.05) is 30.2 Å². The summed E-state index contributed by atoms with van der Waals surface area (Å²) in [4.78, 5) is 6.51. The lowest BCUT2D eigenvalue weighted by atomic mass is 10.2. The summed E-state index contributed by atoms with van der Waals surface area (Å²) in [5.41, 5.74) is 1.19. The van der Waals surface area contributed by atoms with Gasteiger partial charge in [-0.2, -0.15) is 5.10 Å². The molecule has 0 aliphatic heterocycles. The first-order chi connectivity index (χ1) is 10.2. The van der Waals surface area contributed by atoms with Gasteiger partial charge in [0.2, 0.25) is 0 Å². The Kier molecular flexibility index (Phi) is 11.9. The molecule has 0 unspecified atom stereocenters. The normalized spacial score (nSPS) is 11.0. The smallest absolute Gasteiger partial charge is 0.193 e. The first kappa shape index (κ1) is 20.9. The van der Waals surface area contributed by atoms with E-state index in [2.05, 4.69) is 40.9 Å². The van der Waals surface area contributed by atoms with Gasteiger partial charge in [-0.25, -0.2) is 0 Å². The van der Waals surface area contributed by atoms with Gasteiger partial charge in [0.05, 0.1) is 12.7 Å². The molecule has 6 heteroatoms. The van der Waals surface area contributed by atoms with E-state index in [0.717, 1.165) is 32.0 Å². The number of aliphatic imine (C=N–C) groups is 1. The minimum absolute atomic E-state index is 0. The van der Waals surface area contributed by atoms with E-state index in [4.69, 9.17) is 0 Å². The van der Waals surface area contributed by atoms with Crippen molar-refractivity contribution in [2.24, 2.45) is 4.99 Å². The Morgan fingerprint density at radius 2 is 2.23 bits per heavy atom. The van der Waals surface area contributed by atoms with Crippen LogP contribution in [0.5, 0.6) is 0 Å². The van der Waals surface area contributed by atoms with E-state index in [0.29, 0.717) is 0 Å². The second-order valence-electron chi connectivity index (χ2n) is 5.31. The van der Waals surface area contributed by atoms with Crippen LogP contribution in [0, 0.1) is 6.92 Å². The highest BCUT2D eigenvalue weighted by atomic mass is 127. The first-order valence-electron chi connectivity index (χ1n) is 7.69. The van der Waals surface area contributed by atoms with Gasteiger partial charge < -0.3 is 10.2 Å². The maximum atomic E-state index is 4.33. The molecule has 0 radical (unpaired) electrons. The Balaban J connectivity index is 0.00000441. The number of nitrogens with zero attached hydrogens (tertiary/aromatic N) is 4. The lowest BCUT2D eigenvalue weighted by Crippen LogP contribution is -2.40. The van der Waals surface area contributed by atoms with E-state index in [1.165, 1.54) is 24.8 Å². The fraction of sp³-hybridized carbons (Fsp3) is 0.625. The fourth-order valence-electron chi connectivity index (χ4n) is 2.18. The lowest BCUT2D eigenvalue weighted by Gasteiger charge is -2.22. The largest absolute Gasteiger partial charge is 0.354 e. The monoisotopic (exact) mass is 419 g/mol. The molecule has 0 aromatic carbocycles. The Labute approximate surface area is 151 Å². The third-order valence-electron chi connectivity index (χ3n) is 3.36. The molecule has 5 nitrogen and oxygen atoms in total. The van der Waals surface area contributed by atoms with E-state index in [1.54, 1.807) is 0 Å². The minimum Gasteiger partial charge on any atom is -0.354 e. The maximum absolute atomic E-state index is 4.33. The van der Waals surface area contributed by atoms with Gasteiger partial charge >= 0.3 is 0 Å². The molecule has 0 bridgehead atoms. The summed E-state index contributed by atoms with van der Waals surface area (Å²) < 4.78 is 1.95. The lowest BCUT2D eigenvalue weighted by molar-refractivity contribution is 0.451. The van der Waals surface area contributed by atoms with E-state index in [9.17, 15) is 0 Å². The third-order valence-corrected chi connectivity index (χ3v) is 3.36. The molecular weight excluding hydrogens is 389 g/mol. The average molecular weight is 419 g/mol. The molecule has 1 heterocycles. The van der Waals surface area contributed by atoms with E-state index < -0.39 is 0 Å². The molecule has 1 aromatic heterocycles. The number of unbranched alkanes of at least 4 members (excludes halogenated alkanes) is 3. The Morgan fingerprint density at radius 3 is 2.82 bits per heavy atom. The van der Waals surface area contributed by atoms with Crippen molar-refractivity contribution >= 4 is 29.9 Å². The van der Waals surface area contributed by atoms with Crippen LogP contribution in [0.15, 0.2) is 30.0 Å². The van der Waals surface area contributed by atoms with Gasteiger partial charge in [0.1, 0.15) is 0 Å². The molecule has 0 saturated heterocycles. The van der Waals surface area contributed by atoms with Gasteiger partial charge in [-0.1, -0.05) is 12.5 Å². The third kappa shape index (κ3) is 8.41. The highest BCUT2D eigenvalue weighted by Gasteiger charge is 2.04. The van der Waals surface area contributed by atoms with Gasteiger partial charge in [0.25, 0.3) is 0 Å². The molecule has 1 rings (SSSR count). The van der Waals surface area contributed by atoms with Crippen molar-refractivity contribution in [1.29, 1.82) is 0 Å². The molecule has 0 fully saturated rings. The highest BCUT2D eigenvalue weighted by molar-refractivity contribution is 14.0. The molecule has 0 amide bonds. The van der Waals surface area contributed by atoms with Crippen LogP contribution < -0.4 is 5.32 Å². The van der Waals surface area contributed by atoms with Crippen molar-refractivity contribution in [3.8, 4) is 0 Å². The van der Waals surface area contributed by atoms with Gasteiger partial charge in [-0.3, -0.25) is 9.67 Å². The van der Waals surface area contributed by atoms with Gasteiger partial charge in [0.15, 0.2) is 5.96 Å². The van der Waals surface area contributed by atoms with Crippen LogP contribution in [0.25, 0.3) is 0 Å². The SMILES string of the molecule is C=CCCCCCN(C)C(=NC)NCCn1cc(C)cn1.I. The molecular formula is C16H30IN5. The zero-order valence-corrected chi connectivity index (χ0v) is 16.4. The molecule has 0 aliphatic rings. The molecule has 22 heavy (non-hydrogen) atoms. The summed E-state index contributed by atoms with van der Waals surface area (Å²) in [6, 6.07) is 0. The summed E-state index contributed by atoms with van der Waals surface area (Å²) >= 11 is 0. The Hall–Kier alpha value is -1.05. The number of rotatable bonds is 9. The van der Waals surface area contributed by atoms with Gasteiger partial charge in [-0.15, -0.1) is 30.6 Å².